The van der Waals surface area contributed by atoms with E-state index in [4.69, 9.17) is 18.4 Å². The molecular formula is C16H14N2O5. The number of aromatic nitrogens is 2. The second-order valence-electron chi connectivity index (χ2n) is 4.52. The number of hydrogen-bond acceptors (Lipinski definition) is 7. The SMILES string of the molecule is CCOC(=O)c1ccc(OCc2nc(-c3ccco3)no2)cc1. The smallest absolute Gasteiger partial charge is 0.338 e. The molecule has 0 unspecified atom stereocenters. The number of esters is 1. The Morgan fingerprint density at radius 2 is 2.04 bits per heavy atom. The highest BCUT2D eigenvalue weighted by molar-refractivity contribution is 5.89. The Hall–Kier alpha value is -3.09. The molecule has 0 saturated heterocycles. The summed E-state index contributed by atoms with van der Waals surface area (Å²) in [6, 6.07) is 10.1. The maximum atomic E-state index is 11.5. The van der Waals surface area contributed by atoms with Crippen LogP contribution in [0.15, 0.2) is 51.6 Å². The van der Waals surface area contributed by atoms with Crippen molar-refractivity contribution < 1.29 is 23.2 Å². The molecule has 0 amide bonds. The maximum Gasteiger partial charge on any atom is 0.338 e. The van der Waals surface area contributed by atoms with Gasteiger partial charge in [0.25, 0.3) is 5.89 Å². The lowest BCUT2D eigenvalue weighted by Crippen LogP contribution is -2.04. The Kier molecular flexibility index (Phi) is 4.37. The normalized spacial score (nSPS) is 10.5. The zero-order valence-electron chi connectivity index (χ0n) is 12.4. The molecule has 2 aromatic heterocycles. The number of rotatable bonds is 6. The van der Waals surface area contributed by atoms with Gasteiger partial charge in [-0.2, -0.15) is 4.98 Å². The van der Waals surface area contributed by atoms with Crippen LogP contribution in [0.5, 0.6) is 5.75 Å². The number of ether oxygens (including phenoxy) is 2. The van der Waals surface area contributed by atoms with Crippen molar-refractivity contribution in [2.45, 2.75) is 13.5 Å². The summed E-state index contributed by atoms with van der Waals surface area (Å²) in [4.78, 5) is 15.7. The maximum absolute atomic E-state index is 11.5. The molecule has 7 nitrogen and oxygen atoms in total. The van der Waals surface area contributed by atoms with Crippen molar-refractivity contribution in [3.05, 3.63) is 54.1 Å². The van der Waals surface area contributed by atoms with Crippen LogP contribution in [0.1, 0.15) is 23.2 Å². The molecule has 0 bridgehead atoms. The van der Waals surface area contributed by atoms with Gasteiger partial charge >= 0.3 is 5.97 Å². The molecular weight excluding hydrogens is 300 g/mol. The minimum absolute atomic E-state index is 0.118. The second-order valence-corrected chi connectivity index (χ2v) is 4.52. The zero-order chi connectivity index (χ0) is 16.1. The van der Waals surface area contributed by atoms with Gasteiger partial charge in [0.05, 0.1) is 18.4 Å². The van der Waals surface area contributed by atoms with E-state index in [9.17, 15) is 4.79 Å². The first-order chi connectivity index (χ1) is 11.3. The average Bonchev–Trinajstić information content (AvgIpc) is 3.25. The van der Waals surface area contributed by atoms with Gasteiger partial charge in [-0.3, -0.25) is 0 Å². The number of carbonyl (C=O) groups is 1. The molecule has 0 aliphatic carbocycles. The molecule has 3 rings (SSSR count). The molecule has 7 heteroatoms. The Balaban J connectivity index is 1.59. The van der Waals surface area contributed by atoms with Crippen LogP contribution in [-0.4, -0.2) is 22.7 Å². The molecule has 118 valence electrons. The van der Waals surface area contributed by atoms with E-state index in [1.165, 1.54) is 6.26 Å². The summed E-state index contributed by atoms with van der Waals surface area (Å²) in [6.45, 7) is 2.22. The Labute approximate surface area is 131 Å². The van der Waals surface area contributed by atoms with E-state index >= 15 is 0 Å². The van der Waals surface area contributed by atoms with Gasteiger partial charge < -0.3 is 18.4 Å². The zero-order valence-corrected chi connectivity index (χ0v) is 12.4. The van der Waals surface area contributed by atoms with Crippen molar-refractivity contribution in [2.24, 2.45) is 0 Å². The van der Waals surface area contributed by atoms with E-state index in [-0.39, 0.29) is 12.6 Å². The highest BCUT2D eigenvalue weighted by Crippen LogP contribution is 2.18. The lowest BCUT2D eigenvalue weighted by molar-refractivity contribution is 0.0526. The van der Waals surface area contributed by atoms with Gasteiger partial charge in [0.15, 0.2) is 12.4 Å². The third-order valence-corrected chi connectivity index (χ3v) is 2.94. The van der Waals surface area contributed by atoms with Crippen LogP contribution in [0.25, 0.3) is 11.6 Å². The fraction of sp³-hybridized carbons (Fsp3) is 0.188. The summed E-state index contributed by atoms with van der Waals surface area (Å²) >= 11 is 0. The van der Waals surface area contributed by atoms with Crippen LogP contribution in [-0.2, 0) is 11.3 Å². The monoisotopic (exact) mass is 314 g/mol. The quantitative estimate of drug-likeness (QED) is 0.646. The highest BCUT2D eigenvalue weighted by atomic mass is 16.5. The Morgan fingerprint density at radius 3 is 2.74 bits per heavy atom. The van der Waals surface area contributed by atoms with E-state index in [1.807, 2.05) is 0 Å². The summed E-state index contributed by atoms with van der Waals surface area (Å²) in [5.74, 6) is 1.44. The fourth-order valence-corrected chi connectivity index (χ4v) is 1.87. The lowest BCUT2D eigenvalue weighted by atomic mass is 10.2. The molecule has 0 radical (unpaired) electrons. The fourth-order valence-electron chi connectivity index (χ4n) is 1.87. The predicted molar refractivity (Wildman–Crippen MR) is 78.7 cm³/mol. The van der Waals surface area contributed by atoms with Crippen molar-refractivity contribution in [2.75, 3.05) is 6.61 Å². The minimum Gasteiger partial charge on any atom is -0.484 e. The van der Waals surface area contributed by atoms with E-state index in [0.29, 0.717) is 35.4 Å². The lowest BCUT2D eigenvalue weighted by Gasteiger charge is -2.04. The van der Waals surface area contributed by atoms with Gasteiger partial charge in [0.2, 0.25) is 5.82 Å². The van der Waals surface area contributed by atoms with Crippen molar-refractivity contribution >= 4 is 5.97 Å². The molecule has 0 fully saturated rings. The van der Waals surface area contributed by atoms with Gasteiger partial charge in [0.1, 0.15) is 5.75 Å². The van der Waals surface area contributed by atoms with Crippen LogP contribution < -0.4 is 4.74 Å². The average molecular weight is 314 g/mol. The molecule has 0 aliphatic heterocycles. The molecule has 2 heterocycles. The van der Waals surface area contributed by atoms with E-state index in [0.717, 1.165) is 0 Å². The molecule has 0 atom stereocenters. The summed E-state index contributed by atoms with van der Waals surface area (Å²) in [5, 5.41) is 3.81. The number of hydrogen-bond donors (Lipinski definition) is 0. The molecule has 0 N–H and O–H groups in total. The first-order valence-electron chi connectivity index (χ1n) is 7.02. The second kappa shape index (κ2) is 6.78. The van der Waals surface area contributed by atoms with Gasteiger partial charge in [0, 0.05) is 0 Å². The van der Waals surface area contributed by atoms with Gasteiger partial charge in [-0.25, -0.2) is 4.79 Å². The molecule has 1 aromatic carbocycles. The topological polar surface area (TPSA) is 87.6 Å². The number of furan rings is 1. The third-order valence-electron chi connectivity index (χ3n) is 2.94. The molecule has 0 aliphatic rings. The van der Waals surface area contributed by atoms with E-state index in [2.05, 4.69) is 10.1 Å². The van der Waals surface area contributed by atoms with Crippen molar-refractivity contribution in [3.63, 3.8) is 0 Å². The summed E-state index contributed by atoms with van der Waals surface area (Å²) in [6.07, 6.45) is 1.53. The van der Waals surface area contributed by atoms with Gasteiger partial charge in [-0.1, -0.05) is 5.16 Å². The molecule has 23 heavy (non-hydrogen) atoms. The van der Waals surface area contributed by atoms with Crippen LogP contribution in [0, 0.1) is 0 Å². The first kappa shape index (κ1) is 14.8. The van der Waals surface area contributed by atoms with Crippen molar-refractivity contribution in [3.8, 4) is 17.3 Å². The van der Waals surface area contributed by atoms with Crippen LogP contribution >= 0.6 is 0 Å². The number of nitrogens with zero attached hydrogens (tertiary/aromatic N) is 2. The molecule has 0 spiro atoms. The Bertz CT molecular complexity index is 762. The first-order valence-corrected chi connectivity index (χ1v) is 7.02. The highest BCUT2D eigenvalue weighted by Gasteiger charge is 2.11. The number of carbonyl (C=O) groups excluding carboxylic acids is 1. The van der Waals surface area contributed by atoms with Crippen LogP contribution in [0.2, 0.25) is 0 Å². The van der Waals surface area contributed by atoms with Crippen molar-refractivity contribution in [1.82, 2.24) is 10.1 Å². The summed E-state index contributed by atoms with van der Waals surface area (Å²) < 4.78 is 20.7. The van der Waals surface area contributed by atoms with Crippen LogP contribution in [0.4, 0.5) is 0 Å². The summed E-state index contributed by atoms with van der Waals surface area (Å²) in [5.41, 5.74) is 0.470. The molecule has 0 saturated carbocycles. The minimum atomic E-state index is -0.362. The van der Waals surface area contributed by atoms with E-state index in [1.54, 1.807) is 43.3 Å². The van der Waals surface area contributed by atoms with E-state index < -0.39 is 0 Å². The third kappa shape index (κ3) is 3.57. The predicted octanol–water partition coefficient (Wildman–Crippen LogP) is 3.09. The standard InChI is InChI=1S/C16H14N2O5/c1-2-20-16(19)11-5-7-12(8-6-11)22-10-14-17-15(18-23-14)13-4-3-9-21-13/h3-9H,2,10H2,1H3. The molecule has 3 aromatic rings. The summed E-state index contributed by atoms with van der Waals surface area (Å²) in [7, 11) is 0. The Morgan fingerprint density at radius 1 is 1.22 bits per heavy atom. The number of benzene rings is 1. The largest absolute Gasteiger partial charge is 0.484 e. The van der Waals surface area contributed by atoms with Crippen LogP contribution in [0.3, 0.4) is 0 Å². The van der Waals surface area contributed by atoms with Gasteiger partial charge in [-0.05, 0) is 43.3 Å². The van der Waals surface area contributed by atoms with Crippen molar-refractivity contribution in [1.29, 1.82) is 0 Å². The van der Waals surface area contributed by atoms with Gasteiger partial charge in [-0.15, -0.1) is 0 Å².